The Bertz CT molecular complexity index is 1270. The number of nitrogens with one attached hydrogen (secondary N) is 1. The van der Waals surface area contributed by atoms with Crippen LogP contribution in [0.5, 0.6) is 11.5 Å². The molecule has 0 bridgehead atoms. The van der Waals surface area contributed by atoms with Gasteiger partial charge in [-0.25, -0.2) is 9.48 Å². The lowest BCUT2D eigenvalue weighted by Crippen LogP contribution is -2.21. The lowest BCUT2D eigenvalue weighted by molar-refractivity contribution is -0.384. The highest BCUT2D eigenvalue weighted by molar-refractivity contribution is 5.95. The molecule has 0 unspecified atom stereocenters. The Labute approximate surface area is 197 Å². The van der Waals surface area contributed by atoms with Gasteiger partial charge in [-0.15, -0.1) is 0 Å². The van der Waals surface area contributed by atoms with E-state index in [9.17, 15) is 29.8 Å². The standard InChI is InChI=1S/C21H19N5O9/c1-3-34-21(28)20-18(11-24(23-20)13-4-6-14(7-5-13)25(29)30)35-12-19(27)22-16-9-8-15(33-2)10-17(16)26(31)32/h4-11H,3,12H2,1-2H3,(H,22,27). The van der Waals surface area contributed by atoms with Crippen LogP contribution in [0.4, 0.5) is 17.1 Å². The van der Waals surface area contributed by atoms with Crippen molar-refractivity contribution in [2.24, 2.45) is 0 Å². The molecule has 182 valence electrons. The first-order chi connectivity index (χ1) is 16.7. The van der Waals surface area contributed by atoms with Gasteiger partial charge in [0, 0.05) is 12.1 Å². The number of aromatic nitrogens is 2. The minimum absolute atomic E-state index is 0.0598. The van der Waals surface area contributed by atoms with Crippen LogP contribution < -0.4 is 14.8 Å². The number of methoxy groups -OCH3 is 1. The number of esters is 1. The smallest absolute Gasteiger partial charge is 0.362 e. The highest BCUT2D eigenvalue weighted by atomic mass is 16.6. The van der Waals surface area contributed by atoms with Crippen molar-refractivity contribution < 1.29 is 33.6 Å². The van der Waals surface area contributed by atoms with Crippen LogP contribution in [0.15, 0.2) is 48.7 Å². The number of nitrogens with zero attached hydrogens (tertiary/aromatic N) is 4. The van der Waals surface area contributed by atoms with Gasteiger partial charge < -0.3 is 19.5 Å². The summed E-state index contributed by atoms with van der Waals surface area (Å²) in [4.78, 5) is 45.6. The fraction of sp³-hybridized carbons (Fsp3) is 0.190. The van der Waals surface area contributed by atoms with Crippen LogP contribution in [0.2, 0.25) is 0 Å². The Hall–Kier alpha value is -5.01. The highest BCUT2D eigenvalue weighted by Crippen LogP contribution is 2.29. The van der Waals surface area contributed by atoms with E-state index in [1.54, 1.807) is 6.92 Å². The molecule has 0 aliphatic heterocycles. The van der Waals surface area contributed by atoms with Crippen LogP contribution in [0.1, 0.15) is 17.4 Å². The lowest BCUT2D eigenvalue weighted by atomic mass is 10.2. The summed E-state index contributed by atoms with van der Waals surface area (Å²) >= 11 is 0. The maximum atomic E-state index is 12.4. The SMILES string of the molecule is CCOC(=O)c1nn(-c2ccc([N+](=O)[O-])cc2)cc1OCC(=O)Nc1ccc(OC)cc1[N+](=O)[O-]. The normalized spacial score (nSPS) is 10.3. The predicted molar refractivity (Wildman–Crippen MR) is 120 cm³/mol. The summed E-state index contributed by atoms with van der Waals surface area (Å²) in [5, 5.41) is 28.6. The van der Waals surface area contributed by atoms with Gasteiger partial charge in [0.1, 0.15) is 11.4 Å². The maximum Gasteiger partial charge on any atom is 0.362 e. The number of hydrogen-bond donors (Lipinski definition) is 1. The summed E-state index contributed by atoms with van der Waals surface area (Å²) in [6, 6.07) is 9.26. The first-order valence-electron chi connectivity index (χ1n) is 10.00. The first kappa shape index (κ1) is 24.6. The summed E-state index contributed by atoms with van der Waals surface area (Å²) in [6.45, 7) is 1.05. The topological polar surface area (TPSA) is 178 Å². The molecule has 0 atom stereocenters. The van der Waals surface area contributed by atoms with Gasteiger partial charge in [0.05, 0.1) is 41.5 Å². The van der Waals surface area contributed by atoms with Gasteiger partial charge >= 0.3 is 5.97 Å². The van der Waals surface area contributed by atoms with Gasteiger partial charge in [-0.3, -0.25) is 25.0 Å². The zero-order valence-corrected chi connectivity index (χ0v) is 18.5. The van der Waals surface area contributed by atoms with E-state index in [-0.39, 0.29) is 40.9 Å². The molecule has 0 saturated carbocycles. The molecule has 0 aliphatic carbocycles. The second-order valence-electron chi connectivity index (χ2n) is 6.76. The quantitative estimate of drug-likeness (QED) is 0.255. The fourth-order valence-corrected chi connectivity index (χ4v) is 2.89. The van der Waals surface area contributed by atoms with Crippen LogP contribution >= 0.6 is 0 Å². The zero-order valence-electron chi connectivity index (χ0n) is 18.5. The van der Waals surface area contributed by atoms with E-state index in [0.29, 0.717) is 5.69 Å². The second kappa shape index (κ2) is 10.7. The Morgan fingerprint density at radius 2 is 1.80 bits per heavy atom. The van der Waals surface area contributed by atoms with Crippen molar-refractivity contribution in [3.8, 4) is 17.2 Å². The van der Waals surface area contributed by atoms with Gasteiger partial charge in [0.15, 0.2) is 12.4 Å². The van der Waals surface area contributed by atoms with Crippen molar-refractivity contribution in [1.82, 2.24) is 9.78 Å². The number of carbonyl (C=O) groups is 2. The van der Waals surface area contributed by atoms with Gasteiger partial charge in [0.2, 0.25) is 5.69 Å². The number of rotatable bonds is 10. The third kappa shape index (κ3) is 5.87. The molecule has 0 spiro atoms. The molecule has 1 amide bonds. The molecule has 3 aromatic rings. The van der Waals surface area contributed by atoms with Crippen LogP contribution in [0.3, 0.4) is 0 Å². The molecule has 1 aromatic heterocycles. The molecule has 1 heterocycles. The molecule has 0 aliphatic rings. The average molecular weight is 485 g/mol. The van der Waals surface area contributed by atoms with E-state index in [2.05, 4.69) is 10.4 Å². The van der Waals surface area contributed by atoms with E-state index < -0.39 is 28.3 Å². The summed E-state index contributed by atoms with van der Waals surface area (Å²) in [5.41, 5.74) is -0.428. The van der Waals surface area contributed by atoms with Crippen molar-refractivity contribution in [2.45, 2.75) is 6.92 Å². The largest absolute Gasteiger partial charge is 0.496 e. The summed E-state index contributed by atoms with van der Waals surface area (Å²) in [5.74, 6) is -1.41. The number of anilines is 1. The number of nitro benzene ring substituents is 2. The van der Waals surface area contributed by atoms with E-state index in [0.717, 1.165) is 6.07 Å². The number of ether oxygens (including phenoxy) is 3. The van der Waals surface area contributed by atoms with Crippen molar-refractivity contribution in [3.63, 3.8) is 0 Å². The molecular formula is C21H19N5O9. The summed E-state index contributed by atoms with van der Waals surface area (Å²) < 4.78 is 16.6. The van der Waals surface area contributed by atoms with E-state index in [1.165, 1.54) is 54.4 Å². The van der Waals surface area contributed by atoms with E-state index >= 15 is 0 Å². The fourth-order valence-electron chi connectivity index (χ4n) is 2.89. The number of hydrogen-bond acceptors (Lipinski definition) is 10. The van der Waals surface area contributed by atoms with Crippen LogP contribution in [0, 0.1) is 20.2 Å². The molecule has 0 saturated heterocycles. The number of carbonyl (C=O) groups excluding carboxylic acids is 2. The van der Waals surface area contributed by atoms with Crippen LogP contribution in [-0.4, -0.2) is 51.8 Å². The van der Waals surface area contributed by atoms with Gasteiger partial charge in [-0.1, -0.05) is 0 Å². The Balaban J connectivity index is 1.80. The number of amides is 1. The number of benzene rings is 2. The van der Waals surface area contributed by atoms with Crippen molar-refractivity contribution in [3.05, 3.63) is 74.6 Å². The molecule has 2 aromatic carbocycles. The Kier molecular flexibility index (Phi) is 7.56. The first-order valence-corrected chi connectivity index (χ1v) is 10.00. The predicted octanol–water partition coefficient (Wildman–Crippen LogP) is 2.89. The summed E-state index contributed by atoms with van der Waals surface area (Å²) in [6.07, 6.45) is 1.30. The van der Waals surface area contributed by atoms with Gasteiger partial charge in [0.25, 0.3) is 17.3 Å². The Morgan fingerprint density at radius 3 is 2.40 bits per heavy atom. The van der Waals surface area contributed by atoms with Crippen molar-refractivity contribution >= 4 is 28.9 Å². The van der Waals surface area contributed by atoms with E-state index in [1.807, 2.05) is 0 Å². The third-order valence-corrected chi connectivity index (χ3v) is 4.51. The molecule has 0 radical (unpaired) electrons. The van der Waals surface area contributed by atoms with Crippen LogP contribution in [0.25, 0.3) is 5.69 Å². The van der Waals surface area contributed by atoms with Crippen molar-refractivity contribution in [2.75, 3.05) is 25.6 Å². The average Bonchev–Trinajstić information content (AvgIpc) is 3.27. The molecule has 14 nitrogen and oxygen atoms in total. The Morgan fingerprint density at radius 1 is 1.09 bits per heavy atom. The second-order valence-corrected chi connectivity index (χ2v) is 6.76. The lowest BCUT2D eigenvalue weighted by Gasteiger charge is -2.08. The van der Waals surface area contributed by atoms with E-state index in [4.69, 9.17) is 14.2 Å². The van der Waals surface area contributed by atoms with Crippen LogP contribution in [-0.2, 0) is 9.53 Å². The van der Waals surface area contributed by atoms with Gasteiger partial charge in [-0.05, 0) is 31.2 Å². The molecule has 0 fully saturated rings. The summed E-state index contributed by atoms with van der Waals surface area (Å²) in [7, 11) is 1.35. The van der Waals surface area contributed by atoms with Crippen molar-refractivity contribution in [1.29, 1.82) is 0 Å². The monoisotopic (exact) mass is 485 g/mol. The number of nitro groups is 2. The molecule has 1 N–H and O–H groups in total. The molecule has 14 heteroatoms. The molecular weight excluding hydrogens is 466 g/mol. The highest BCUT2D eigenvalue weighted by Gasteiger charge is 2.22. The van der Waals surface area contributed by atoms with Gasteiger partial charge in [-0.2, -0.15) is 5.10 Å². The molecule has 3 rings (SSSR count). The number of non-ortho nitro benzene ring substituents is 1. The minimum atomic E-state index is -0.811. The third-order valence-electron chi connectivity index (χ3n) is 4.51. The molecule has 35 heavy (non-hydrogen) atoms. The maximum absolute atomic E-state index is 12.4. The zero-order chi connectivity index (χ0) is 25.5. The minimum Gasteiger partial charge on any atom is -0.496 e.